The molecule has 2 saturated heterocycles. The van der Waals surface area contributed by atoms with Gasteiger partial charge in [-0.05, 0) is 97.0 Å². The van der Waals surface area contributed by atoms with Gasteiger partial charge >= 0.3 is 6.03 Å². The first-order chi connectivity index (χ1) is 19.7. The Morgan fingerprint density at radius 1 is 1.07 bits per heavy atom. The van der Waals surface area contributed by atoms with Crippen LogP contribution < -0.4 is 10.6 Å². The minimum Gasteiger partial charge on any atom is -0.342 e. The topological polar surface area (TPSA) is 108 Å². The van der Waals surface area contributed by atoms with Gasteiger partial charge in [0.1, 0.15) is 5.82 Å². The maximum Gasteiger partial charge on any atom is 0.319 e. The zero-order chi connectivity index (χ0) is 28.9. The molecule has 10 nitrogen and oxygen atoms in total. The summed E-state index contributed by atoms with van der Waals surface area (Å²) in [5.74, 6) is 1.08. The number of nitrogens with one attached hydrogen (secondary N) is 2. The largest absolute Gasteiger partial charge is 0.342 e. The lowest BCUT2D eigenvalue weighted by Crippen LogP contribution is -2.56. The maximum atomic E-state index is 13.4. The van der Waals surface area contributed by atoms with E-state index in [2.05, 4.69) is 31.1 Å². The van der Waals surface area contributed by atoms with E-state index in [0.717, 1.165) is 55.6 Å². The standard InChI is InChI=1S/C30H39FN8O2/c1-20-13-24(29-34-35-36-37(29)3)16-27(14-20)32-30(41)33-28-10-12-39(21(2)40)19-25(28)18-38-11-4-5-23(17-38)15-22-6-8-26(31)9-7-22/h6-9,13-14,16,23,25,28H,4-5,10-12,15,17-19H2,1-3H3,(H2,32,33,41)/t23-,25+,28+/m0/s1. The van der Waals surface area contributed by atoms with Crippen molar-refractivity contribution in [2.24, 2.45) is 18.9 Å². The summed E-state index contributed by atoms with van der Waals surface area (Å²) in [4.78, 5) is 29.8. The highest BCUT2D eigenvalue weighted by atomic mass is 19.1. The number of piperidine rings is 2. The van der Waals surface area contributed by atoms with Crippen molar-refractivity contribution in [3.63, 3.8) is 0 Å². The van der Waals surface area contributed by atoms with Gasteiger partial charge in [-0.1, -0.05) is 12.1 Å². The van der Waals surface area contributed by atoms with Crippen molar-refractivity contribution in [1.82, 2.24) is 35.3 Å². The van der Waals surface area contributed by atoms with Gasteiger partial charge < -0.3 is 20.4 Å². The third-order valence-corrected chi connectivity index (χ3v) is 8.24. The van der Waals surface area contributed by atoms with Gasteiger partial charge in [-0.3, -0.25) is 4.79 Å². The molecular weight excluding hydrogens is 523 g/mol. The molecule has 1 aromatic heterocycles. The minimum absolute atomic E-state index is 0.0599. The highest BCUT2D eigenvalue weighted by Gasteiger charge is 2.34. The van der Waals surface area contributed by atoms with E-state index in [9.17, 15) is 14.0 Å². The molecule has 0 radical (unpaired) electrons. The molecule has 0 spiro atoms. The molecule has 2 aliphatic heterocycles. The molecular formula is C30H39FN8O2. The van der Waals surface area contributed by atoms with Gasteiger partial charge in [0.25, 0.3) is 0 Å². The van der Waals surface area contributed by atoms with Gasteiger partial charge in [-0.2, -0.15) is 0 Å². The summed E-state index contributed by atoms with van der Waals surface area (Å²) in [7, 11) is 1.78. The van der Waals surface area contributed by atoms with Crippen molar-refractivity contribution in [3.05, 3.63) is 59.4 Å². The quantitative estimate of drug-likeness (QED) is 0.455. The molecule has 218 valence electrons. The van der Waals surface area contributed by atoms with E-state index >= 15 is 0 Å². The van der Waals surface area contributed by atoms with Crippen LogP contribution in [0.5, 0.6) is 0 Å². The number of tetrazole rings is 1. The van der Waals surface area contributed by atoms with Crippen molar-refractivity contribution >= 4 is 17.6 Å². The molecule has 0 aliphatic carbocycles. The lowest BCUT2D eigenvalue weighted by atomic mass is 9.88. The predicted molar refractivity (Wildman–Crippen MR) is 155 cm³/mol. The number of hydrogen-bond donors (Lipinski definition) is 2. The zero-order valence-corrected chi connectivity index (χ0v) is 24.0. The second kappa shape index (κ2) is 12.8. The highest BCUT2D eigenvalue weighted by Crippen LogP contribution is 2.26. The fourth-order valence-corrected chi connectivity index (χ4v) is 6.26. The maximum absolute atomic E-state index is 13.4. The number of aryl methyl sites for hydroxylation is 2. The van der Waals surface area contributed by atoms with E-state index in [1.54, 1.807) is 18.7 Å². The van der Waals surface area contributed by atoms with Crippen molar-refractivity contribution in [3.8, 4) is 11.4 Å². The summed E-state index contributed by atoms with van der Waals surface area (Å²) in [6, 6.07) is 12.2. The Morgan fingerprint density at radius 2 is 1.88 bits per heavy atom. The number of benzene rings is 2. The molecule has 3 amide bonds. The van der Waals surface area contributed by atoms with Crippen LogP contribution in [0.15, 0.2) is 42.5 Å². The van der Waals surface area contributed by atoms with Gasteiger partial charge in [-0.15, -0.1) is 5.10 Å². The average Bonchev–Trinajstić information content (AvgIpc) is 3.36. The summed E-state index contributed by atoms with van der Waals surface area (Å²) in [6.45, 7) is 7.58. The molecule has 0 unspecified atom stereocenters. The third-order valence-electron chi connectivity index (χ3n) is 8.24. The number of urea groups is 1. The Morgan fingerprint density at radius 3 is 2.61 bits per heavy atom. The normalized spacial score (nSPS) is 21.5. The van der Waals surface area contributed by atoms with E-state index in [-0.39, 0.29) is 29.7 Å². The molecule has 2 fully saturated rings. The summed E-state index contributed by atoms with van der Waals surface area (Å²) in [5.41, 5.74) is 3.62. The summed E-state index contributed by atoms with van der Waals surface area (Å²) in [5, 5.41) is 17.9. The Kier molecular flexibility index (Phi) is 8.92. The van der Waals surface area contributed by atoms with Crippen LogP contribution in [0.25, 0.3) is 11.4 Å². The lowest BCUT2D eigenvalue weighted by Gasteiger charge is -2.42. The van der Waals surface area contributed by atoms with Crippen LogP contribution in [0.3, 0.4) is 0 Å². The number of hydrogen-bond acceptors (Lipinski definition) is 6. The molecule has 0 saturated carbocycles. The first-order valence-corrected chi connectivity index (χ1v) is 14.4. The van der Waals surface area contributed by atoms with Crippen molar-refractivity contribution in [1.29, 1.82) is 0 Å². The third kappa shape index (κ3) is 7.46. The number of halogens is 1. The van der Waals surface area contributed by atoms with Gasteiger partial charge in [-0.25, -0.2) is 13.9 Å². The van der Waals surface area contributed by atoms with E-state index in [1.807, 2.05) is 42.2 Å². The monoisotopic (exact) mass is 562 g/mol. The van der Waals surface area contributed by atoms with Crippen LogP contribution in [0.1, 0.15) is 37.3 Å². The highest BCUT2D eigenvalue weighted by molar-refractivity contribution is 5.90. The van der Waals surface area contributed by atoms with E-state index in [0.29, 0.717) is 36.9 Å². The molecule has 0 bridgehead atoms. The second-order valence-electron chi connectivity index (χ2n) is 11.5. The average molecular weight is 563 g/mol. The Bertz CT molecular complexity index is 1360. The van der Waals surface area contributed by atoms with Crippen LogP contribution in [0.4, 0.5) is 14.9 Å². The second-order valence-corrected chi connectivity index (χ2v) is 11.5. The van der Waals surface area contributed by atoms with Gasteiger partial charge in [0, 0.05) is 63.4 Å². The Balaban J connectivity index is 1.23. The van der Waals surface area contributed by atoms with E-state index < -0.39 is 0 Å². The van der Waals surface area contributed by atoms with Crippen LogP contribution in [0, 0.1) is 24.6 Å². The van der Waals surface area contributed by atoms with Crippen LogP contribution in [-0.4, -0.2) is 80.7 Å². The van der Waals surface area contributed by atoms with Crippen molar-refractivity contribution in [2.75, 3.05) is 38.0 Å². The molecule has 5 rings (SSSR count). The fraction of sp³-hybridized carbons (Fsp3) is 0.500. The summed E-state index contributed by atoms with van der Waals surface area (Å²) in [6.07, 6.45) is 3.87. The molecule has 2 aromatic carbocycles. The molecule has 3 aromatic rings. The zero-order valence-electron chi connectivity index (χ0n) is 24.0. The summed E-state index contributed by atoms with van der Waals surface area (Å²) >= 11 is 0. The number of carbonyl (C=O) groups excluding carboxylic acids is 2. The Labute approximate surface area is 240 Å². The van der Waals surface area contributed by atoms with Crippen molar-refractivity contribution in [2.45, 2.75) is 45.6 Å². The van der Waals surface area contributed by atoms with Crippen LogP contribution in [0.2, 0.25) is 0 Å². The van der Waals surface area contributed by atoms with Gasteiger partial charge in [0.05, 0.1) is 0 Å². The molecule has 2 aliphatic rings. The number of rotatable bonds is 7. The number of carbonyl (C=O) groups is 2. The number of aromatic nitrogens is 4. The fourth-order valence-electron chi connectivity index (χ4n) is 6.26. The SMILES string of the molecule is CC(=O)N1CC[C@@H](NC(=O)Nc2cc(C)cc(-c3nnnn3C)c2)[C@H](CN2CCC[C@@H](Cc3ccc(F)cc3)C2)C1. The predicted octanol–water partition coefficient (Wildman–Crippen LogP) is 3.64. The Hall–Kier alpha value is -3.86. The number of amides is 3. The lowest BCUT2D eigenvalue weighted by molar-refractivity contribution is -0.131. The number of likely N-dealkylation sites (tertiary alicyclic amines) is 2. The molecule has 3 atom stereocenters. The van der Waals surface area contributed by atoms with Crippen LogP contribution >= 0.6 is 0 Å². The first kappa shape index (κ1) is 28.7. The smallest absolute Gasteiger partial charge is 0.319 e. The number of anilines is 1. The summed E-state index contributed by atoms with van der Waals surface area (Å²) < 4.78 is 14.9. The molecule has 41 heavy (non-hydrogen) atoms. The van der Waals surface area contributed by atoms with Crippen molar-refractivity contribution < 1.29 is 14.0 Å². The van der Waals surface area contributed by atoms with E-state index in [1.165, 1.54) is 12.1 Å². The molecule has 3 heterocycles. The minimum atomic E-state index is -0.267. The first-order valence-electron chi connectivity index (χ1n) is 14.4. The van der Waals surface area contributed by atoms with Gasteiger partial charge in [0.2, 0.25) is 5.91 Å². The van der Waals surface area contributed by atoms with E-state index in [4.69, 9.17) is 0 Å². The molecule has 2 N–H and O–H groups in total. The van der Waals surface area contributed by atoms with Crippen LogP contribution in [-0.2, 0) is 18.3 Å². The molecule has 11 heteroatoms. The number of nitrogens with zero attached hydrogens (tertiary/aromatic N) is 6. The van der Waals surface area contributed by atoms with Gasteiger partial charge in [0.15, 0.2) is 5.82 Å².